The van der Waals surface area contributed by atoms with Crippen LogP contribution in [-0.4, -0.2) is 4.57 Å². The third-order valence-corrected chi connectivity index (χ3v) is 12.0. The fourth-order valence-corrected chi connectivity index (χ4v) is 9.18. The maximum absolute atomic E-state index is 6.14. The lowest BCUT2D eigenvalue weighted by atomic mass is 9.95. The normalized spacial score (nSPS) is 11.7. The molecule has 2 aromatic heterocycles. The van der Waals surface area contributed by atoms with Crippen LogP contribution >= 0.6 is 0 Å². The first kappa shape index (κ1) is 33.3. The fourth-order valence-electron chi connectivity index (χ4n) is 9.18. The van der Waals surface area contributed by atoms with Gasteiger partial charge in [0.2, 0.25) is 0 Å². The van der Waals surface area contributed by atoms with Crippen molar-refractivity contribution >= 4 is 82.4 Å². The highest BCUT2D eigenvalue weighted by atomic mass is 16.3. The van der Waals surface area contributed by atoms with Crippen LogP contribution in [0.5, 0.6) is 0 Å². The summed E-state index contributed by atoms with van der Waals surface area (Å²) in [4.78, 5) is 2.41. The Hall–Kier alpha value is -7.88. The second-order valence-corrected chi connectivity index (χ2v) is 15.3. The molecule has 0 fully saturated rings. The lowest BCUT2D eigenvalue weighted by Crippen LogP contribution is -2.10. The van der Waals surface area contributed by atoms with Crippen molar-refractivity contribution in [3.63, 3.8) is 0 Å². The monoisotopic (exact) mass is 752 g/mol. The van der Waals surface area contributed by atoms with Crippen LogP contribution in [0.15, 0.2) is 223 Å². The summed E-state index contributed by atoms with van der Waals surface area (Å²) in [6.07, 6.45) is 0. The van der Waals surface area contributed by atoms with Crippen LogP contribution in [0.3, 0.4) is 0 Å². The Bertz CT molecular complexity index is 3560. The van der Waals surface area contributed by atoms with Crippen LogP contribution in [0.1, 0.15) is 0 Å². The van der Waals surface area contributed by atoms with E-state index in [2.05, 4.69) is 216 Å². The van der Waals surface area contributed by atoms with Crippen LogP contribution in [0.4, 0.5) is 17.1 Å². The minimum Gasteiger partial charge on any atom is -0.456 e. The quantitative estimate of drug-likeness (QED) is 0.169. The second kappa shape index (κ2) is 13.4. The smallest absolute Gasteiger partial charge is 0.135 e. The van der Waals surface area contributed by atoms with Crippen LogP contribution in [0.2, 0.25) is 0 Å². The van der Waals surface area contributed by atoms with Crippen LogP contribution in [0, 0.1) is 0 Å². The molecule has 59 heavy (non-hydrogen) atoms. The van der Waals surface area contributed by atoms with Gasteiger partial charge in [-0.25, -0.2) is 0 Å². The molecule has 0 aliphatic rings. The Kier molecular flexibility index (Phi) is 7.54. The van der Waals surface area contributed by atoms with E-state index >= 15 is 0 Å². The van der Waals surface area contributed by atoms with E-state index in [1.165, 1.54) is 54.5 Å². The Morgan fingerprint density at radius 3 is 1.83 bits per heavy atom. The van der Waals surface area contributed by atoms with Gasteiger partial charge in [0.05, 0.1) is 16.7 Å². The van der Waals surface area contributed by atoms with Gasteiger partial charge in [-0.3, -0.25) is 0 Å². The van der Waals surface area contributed by atoms with Gasteiger partial charge >= 0.3 is 0 Å². The van der Waals surface area contributed by atoms with Crippen molar-refractivity contribution in [2.45, 2.75) is 0 Å². The highest BCUT2D eigenvalue weighted by molar-refractivity contribution is 6.13. The zero-order chi connectivity index (χ0) is 38.9. The first-order valence-electron chi connectivity index (χ1n) is 20.2. The highest BCUT2D eigenvalue weighted by Crippen LogP contribution is 2.44. The maximum Gasteiger partial charge on any atom is 0.135 e. The van der Waals surface area contributed by atoms with Crippen LogP contribution in [0.25, 0.3) is 93.2 Å². The molecule has 12 aromatic rings. The van der Waals surface area contributed by atoms with E-state index in [4.69, 9.17) is 4.42 Å². The standard InChI is InChI=1S/C56H36N2O/c1-2-14-42(15-3-1)58-52-20-10-8-18-48(52)50-36-41(25-31-54(50)58)45-30-32-53(47-17-7-6-16-46(45)47)57(44-29-24-37-12-4-5-13-39(37)34-44)43-27-22-38(23-28-43)40-26-33-56-51(35-40)49-19-9-11-21-55(49)59-56/h1-36H. The average molecular weight is 753 g/mol. The maximum atomic E-state index is 6.14. The number of hydrogen-bond acceptors (Lipinski definition) is 2. The molecule has 276 valence electrons. The van der Waals surface area contributed by atoms with E-state index in [0.717, 1.165) is 55.8 Å². The lowest BCUT2D eigenvalue weighted by Gasteiger charge is -2.28. The largest absolute Gasteiger partial charge is 0.456 e. The number of rotatable bonds is 6. The Morgan fingerprint density at radius 2 is 0.966 bits per heavy atom. The molecule has 0 bridgehead atoms. The number of benzene rings is 10. The SMILES string of the molecule is c1ccc(-n2c3ccccc3c3cc(-c4ccc(N(c5ccc(-c6ccc7oc8ccccc8c7c6)cc5)c5ccc6ccccc6c5)c5ccccc45)ccc32)cc1. The predicted molar refractivity (Wildman–Crippen MR) is 249 cm³/mol. The molecule has 0 unspecified atom stereocenters. The summed E-state index contributed by atoms with van der Waals surface area (Å²) in [5.41, 5.74) is 13.4. The van der Waals surface area contributed by atoms with Crippen molar-refractivity contribution in [2.75, 3.05) is 4.90 Å². The Morgan fingerprint density at radius 1 is 0.339 bits per heavy atom. The number of nitrogens with zero attached hydrogens (tertiary/aromatic N) is 2. The molecule has 3 heteroatoms. The number of para-hydroxylation sites is 3. The molecule has 0 amide bonds. The Balaban J connectivity index is 1.01. The van der Waals surface area contributed by atoms with Gasteiger partial charge in [-0.05, 0) is 117 Å². The van der Waals surface area contributed by atoms with Crippen molar-refractivity contribution in [1.82, 2.24) is 4.57 Å². The zero-order valence-corrected chi connectivity index (χ0v) is 32.1. The van der Waals surface area contributed by atoms with Crippen molar-refractivity contribution in [3.8, 4) is 27.9 Å². The molecule has 0 radical (unpaired) electrons. The predicted octanol–water partition coefficient (Wildman–Crippen LogP) is 15.8. The van der Waals surface area contributed by atoms with E-state index in [-0.39, 0.29) is 0 Å². The summed E-state index contributed by atoms with van der Waals surface area (Å²) in [5, 5.41) is 9.58. The van der Waals surface area contributed by atoms with E-state index < -0.39 is 0 Å². The van der Waals surface area contributed by atoms with Gasteiger partial charge in [0.25, 0.3) is 0 Å². The topological polar surface area (TPSA) is 21.3 Å². The minimum atomic E-state index is 0.906. The summed E-state index contributed by atoms with van der Waals surface area (Å²) in [7, 11) is 0. The summed E-state index contributed by atoms with van der Waals surface area (Å²) in [6, 6.07) is 78.9. The van der Waals surface area contributed by atoms with E-state index in [1.54, 1.807) is 0 Å². The van der Waals surface area contributed by atoms with Crippen molar-refractivity contribution in [2.24, 2.45) is 0 Å². The van der Waals surface area contributed by atoms with Gasteiger partial charge in [0.15, 0.2) is 0 Å². The van der Waals surface area contributed by atoms with Gasteiger partial charge in [0, 0.05) is 44.0 Å². The highest BCUT2D eigenvalue weighted by Gasteiger charge is 2.20. The van der Waals surface area contributed by atoms with Gasteiger partial charge in [-0.2, -0.15) is 0 Å². The van der Waals surface area contributed by atoms with Gasteiger partial charge in [-0.15, -0.1) is 0 Å². The third-order valence-electron chi connectivity index (χ3n) is 12.0. The number of anilines is 3. The van der Waals surface area contributed by atoms with E-state index in [1.807, 2.05) is 12.1 Å². The lowest BCUT2D eigenvalue weighted by molar-refractivity contribution is 0.669. The second-order valence-electron chi connectivity index (χ2n) is 15.3. The van der Waals surface area contributed by atoms with Crippen molar-refractivity contribution in [1.29, 1.82) is 0 Å². The number of furan rings is 1. The molecule has 0 N–H and O–H groups in total. The van der Waals surface area contributed by atoms with Crippen LogP contribution < -0.4 is 4.90 Å². The first-order chi connectivity index (χ1) is 29.2. The van der Waals surface area contributed by atoms with Gasteiger partial charge in [-0.1, -0.05) is 140 Å². The summed E-state index contributed by atoms with van der Waals surface area (Å²) in [5.74, 6) is 0. The van der Waals surface area contributed by atoms with E-state index in [9.17, 15) is 0 Å². The molecule has 2 heterocycles. The molecular weight excluding hydrogens is 717 g/mol. The van der Waals surface area contributed by atoms with Gasteiger partial charge in [0.1, 0.15) is 11.2 Å². The molecule has 0 saturated carbocycles. The fraction of sp³-hybridized carbons (Fsp3) is 0. The van der Waals surface area contributed by atoms with Crippen LogP contribution in [-0.2, 0) is 0 Å². The molecule has 3 nitrogen and oxygen atoms in total. The molecule has 0 atom stereocenters. The number of aromatic nitrogens is 1. The van der Waals surface area contributed by atoms with Crippen molar-refractivity contribution in [3.05, 3.63) is 218 Å². The molecule has 0 spiro atoms. The van der Waals surface area contributed by atoms with E-state index in [0.29, 0.717) is 0 Å². The van der Waals surface area contributed by atoms with Crippen molar-refractivity contribution < 1.29 is 4.42 Å². The number of hydrogen-bond donors (Lipinski definition) is 0. The molecule has 0 aliphatic heterocycles. The number of fused-ring (bicyclic) bond motifs is 8. The minimum absolute atomic E-state index is 0.906. The summed E-state index contributed by atoms with van der Waals surface area (Å²) in [6.45, 7) is 0. The van der Waals surface area contributed by atoms with Gasteiger partial charge < -0.3 is 13.9 Å². The molecular formula is C56H36N2O. The summed E-state index contributed by atoms with van der Waals surface area (Å²) < 4.78 is 8.52. The molecule has 0 aliphatic carbocycles. The average Bonchev–Trinajstić information content (AvgIpc) is 3.85. The summed E-state index contributed by atoms with van der Waals surface area (Å²) >= 11 is 0. The molecule has 10 aromatic carbocycles. The third kappa shape index (κ3) is 5.44. The zero-order valence-electron chi connectivity index (χ0n) is 32.1. The first-order valence-corrected chi connectivity index (χ1v) is 20.2. The Labute approximate surface area is 341 Å². The molecule has 12 rings (SSSR count). The molecule has 0 saturated heterocycles.